The fraction of sp³-hybridized carbons (Fsp3) is 0.259. The van der Waals surface area contributed by atoms with Crippen molar-refractivity contribution in [1.82, 2.24) is 10.6 Å². The first-order chi connectivity index (χ1) is 15.8. The van der Waals surface area contributed by atoms with Gasteiger partial charge in [0.05, 0.1) is 13.5 Å². The molecule has 0 saturated heterocycles. The summed E-state index contributed by atoms with van der Waals surface area (Å²) < 4.78 is 19.2. The molecule has 3 aromatic carbocycles. The van der Waals surface area contributed by atoms with Crippen LogP contribution in [-0.4, -0.2) is 25.5 Å². The predicted octanol–water partition coefficient (Wildman–Crippen LogP) is 4.40. The van der Waals surface area contributed by atoms with Crippen molar-refractivity contribution in [3.8, 4) is 5.75 Å². The zero-order valence-corrected chi connectivity index (χ0v) is 19.2. The molecular weight excluding hydrogens is 419 g/mol. The minimum absolute atomic E-state index is 0.0858. The van der Waals surface area contributed by atoms with Crippen molar-refractivity contribution in [1.29, 1.82) is 0 Å². The van der Waals surface area contributed by atoms with E-state index in [1.54, 1.807) is 37.4 Å². The van der Waals surface area contributed by atoms with Crippen LogP contribution in [0.4, 0.5) is 4.39 Å². The molecule has 0 aliphatic heterocycles. The molecule has 3 aromatic rings. The van der Waals surface area contributed by atoms with E-state index in [-0.39, 0.29) is 24.1 Å². The summed E-state index contributed by atoms with van der Waals surface area (Å²) in [5.41, 5.74) is 2.31. The van der Waals surface area contributed by atoms with Gasteiger partial charge >= 0.3 is 0 Å². The lowest BCUT2D eigenvalue weighted by Crippen LogP contribution is -2.37. The molecule has 0 aliphatic carbocycles. The van der Waals surface area contributed by atoms with Gasteiger partial charge in [0.2, 0.25) is 5.91 Å². The fourth-order valence-corrected chi connectivity index (χ4v) is 3.47. The van der Waals surface area contributed by atoms with Gasteiger partial charge in [0.15, 0.2) is 0 Å². The van der Waals surface area contributed by atoms with Crippen LogP contribution >= 0.6 is 0 Å². The van der Waals surface area contributed by atoms with E-state index < -0.39 is 5.41 Å². The summed E-state index contributed by atoms with van der Waals surface area (Å²) in [5, 5.41) is 5.77. The molecule has 0 bridgehead atoms. The molecule has 172 valence electrons. The number of carbonyl (C=O) groups excluding carboxylic acids is 2. The molecule has 0 saturated carbocycles. The Morgan fingerprint density at radius 3 is 2.15 bits per heavy atom. The number of hydrogen-bond acceptors (Lipinski definition) is 3. The van der Waals surface area contributed by atoms with Crippen molar-refractivity contribution in [3.05, 3.63) is 101 Å². The van der Waals surface area contributed by atoms with Crippen LogP contribution in [0.5, 0.6) is 5.75 Å². The molecule has 0 heterocycles. The molecule has 2 N–H and O–H groups in total. The molecule has 0 spiro atoms. The number of amides is 2. The molecule has 5 nitrogen and oxygen atoms in total. The molecule has 0 atom stereocenters. The highest BCUT2D eigenvalue weighted by Gasteiger charge is 2.24. The minimum atomic E-state index is -0.547. The molecule has 2 amide bonds. The Bertz CT molecular complexity index is 1090. The second-order valence-electron chi connectivity index (χ2n) is 8.54. The molecule has 33 heavy (non-hydrogen) atoms. The quantitative estimate of drug-likeness (QED) is 0.510. The van der Waals surface area contributed by atoms with Crippen LogP contribution in [0, 0.1) is 5.82 Å². The van der Waals surface area contributed by atoms with E-state index in [9.17, 15) is 14.0 Å². The van der Waals surface area contributed by atoms with Gasteiger partial charge in [-0.15, -0.1) is 0 Å². The molecule has 6 heteroatoms. The van der Waals surface area contributed by atoms with Crippen molar-refractivity contribution >= 4 is 11.8 Å². The van der Waals surface area contributed by atoms with Gasteiger partial charge in [0, 0.05) is 24.1 Å². The summed E-state index contributed by atoms with van der Waals surface area (Å²) in [6.45, 7) is 4.46. The average molecular weight is 449 g/mol. The van der Waals surface area contributed by atoms with Gasteiger partial charge in [-0.25, -0.2) is 4.39 Å². The van der Waals surface area contributed by atoms with E-state index in [4.69, 9.17) is 4.74 Å². The first-order valence-electron chi connectivity index (χ1n) is 10.8. The number of rotatable bonds is 9. The Kier molecular flexibility index (Phi) is 7.83. The fourth-order valence-electron chi connectivity index (χ4n) is 3.47. The summed E-state index contributed by atoms with van der Waals surface area (Å²) >= 11 is 0. The third-order valence-corrected chi connectivity index (χ3v) is 5.52. The summed E-state index contributed by atoms with van der Waals surface area (Å²) in [5.74, 6) is 0.154. The highest BCUT2D eigenvalue weighted by Crippen LogP contribution is 2.25. The summed E-state index contributed by atoms with van der Waals surface area (Å²) in [7, 11) is 1.60. The Balaban J connectivity index is 1.49. The van der Waals surface area contributed by atoms with Crippen molar-refractivity contribution in [2.24, 2.45) is 0 Å². The van der Waals surface area contributed by atoms with Crippen molar-refractivity contribution in [2.75, 3.05) is 13.7 Å². The molecule has 0 unspecified atom stereocenters. The van der Waals surface area contributed by atoms with E-state index in [2.05, 4.69) is 10.6 Å². The first kappa shape index (κ1) is 24.0. The minimum Gasteiger partial charge on any atom is -0.497 e. The second-order valence-corrected chi connectivity index (χ2v) is 8.54. The van der Waals surface area contributed by atoms with Crippen molar-refractivity contribution < 1.29 is 18.7 Å². The normalized spacial score (nSPS) is 11.0. The lowest BCUT2D eigenvalue weighted by Gasteiger charge is -2.26. The number of halogens is 1. The zero-order valence-electron chi connectivity index (χ0n) is 19.2. The van der Waals surface area contributed by atoms with E-state index in [1.807, 2.05) is 50.2 Å². The molecule has 0 aliphatic rings. The van der Waals surface area contributed by atoms with Crippen LogP contribution in [0.15, 0.2) is 72.8 Å². The number of methoxy groups -OCH3 is 1. The number of carbonyl (C=O) groups is 2. The third-order valence-electron chi connectivity index (χ3n) is 5.52. The van der Waals surface area contributed by atoms with Crippen molar-refractivity contribution in [3.63, 3.8) is 0 Å². The Morgan fingerprint density at radius 1 is 0.879 bits per heavy atom. The number of nitrogens with one attached hydrogen (secondary N) is 2. The lowest BCUT2D eigenvalue weighted by atomic mass is 9.84. The van der Waals surface area contributed by atoms with E-state index in [1.165, 1.54) is 6.07 Å². The van der Waals surface area contributed by atoms with E-state index >= 15 is 0 Å². The predicted molar refractivity (Wildman–Crippen MR) is 127 cm³/mol. The highest BCUT2D eigenvalue weighted by atomic mass is 19.1. The van der Waals surface area contributed by atoms with Crippen LogP contribution in [-0.2, 0) is 23.2 Å². The van der Waals surface area contributed by atoms with Gasteiger partial charge in [0.25, 0.3) is 5.91 Å². The standard InChI is InChI=1S/C27H29FN2O3/c1-27(2,23-6-4-5-7-24(23)28)18-30-26(32)21-12-8-20(9-13-21)17-29-25(31)16-19-10-14-22(33-3)15-11-19/h4-15H,16-18H2,1-3H3,(H,29,31)(H,30,32). The van der Waals surface area contributed by atoms with Gasteiger partial charge in [-0.2, -0.15) is 0 Å². The Morgan fingerprint density at radius 2 is 1.52 bits per heavy atom. The largest absolute Gasteiger partial charge is 0.497 e. The van der Waals surface area contributed by atoms with E-state index in [0.717, 1.165) is 16.9 Å². The number of hydrogen-bond donors (Lipinski definition) is 2. The van der Waals surface area contributed by atoms with Crippen molar-refractivity contribution in [2.45, 2.75) is 32.2 Å². The Hall–Kier alpha value is -3.67. The maximum absolute atomic E-state index is 14.1. The van der Waals surface area contributed by atoms with E-state index in [0.29, 0.717) is 24.2 Å². The van der Waals surface area contributed by atoms with Gasteiger partial charge in [-0.05, 0) is 47.0 Å². The van der Waals surface area contributed by atoms with Crippen LogP contribution in [0.1, 0.15) is 40.9 Å². The summed E-state index contributed by atoms with van der Waals surface area (Å²) in [6, 6.07) is 21.0. The third kappa shape index (κ3) is 6.65. The smallest absolute Gasteiger partial charge is 0.251 e. The molecule has 0 fully saturated rings. The van der Waals surface area contributed by atoms with Crippen LogP contribution in [0.2, 0.25) is 0 Å². The van der Waals surface area contributed by atoms with Crippen LogP contribution in [0.3, 0.4) is 0 Å². The molecule has 0 aromatic heterocycles. The molecule has 3 rings (SSSR count). The molecular formula is C27H29FN2O3. The van der Waals surface area contributed by atoms with Crippen LogP contribution < -0.4 is 15.4 Å². The number of ether oxygens (including phenoxy) is 1. The maximum atomic E-state index is 14.1. The summed E-state index contributed by atoms with van der Waals surface area (Å²) in [4.78, 5) is 24.8. The average Bonchev–Trinajstić information content (AvgIpc) is 2.82. The van der Waals surface area contributed by atoms with Gasteiger partial charge in [-0.3, -0.25) is 9.59 Å². The molecule has 0 radical (unpaired) electrons. The van der Waals surface area contributed by atoms with Crippen LogP contribution in [0.25, 0.3) is 0 Å². The second kappa shape index (κ2) is 10.8. The highest BCUT2D eigenvalue weighted by molar-refractivity contribution is 5.94. The topological polar surface area (TPSA) is 67.4 Å². The van der Waals surface area contributed by atoms with Gasteiger partial charge < -0.3 is 15.4 Å². The first-order valence-corrected chi connectivity index (χ1v) is 10.8. The lowest BCUT2D eigenvalue weighted by molar-refractivity contribution is -0.120. The number of benzene rings is 3. The van der Waals surface area contributed by atoms with Gasteiger partial charge in [0.1, 0.15) is 11.6 Å². The SMILES string of the molecule is COc1ccc(CC(=O)NCc2ccc(C(=O)NCC(C)(C)c3ccccc3F)cc2)cc1. The zero-order chi connectivity index (χ0) is 23.8. The van der Waals surface area contributed by atoms with Gasteiger partial charge in [-0.1, -0.05) is 56.3 Å². The Labute approximate surface area is 194 Å². The summed E-state index contributed by atoms with van der Waals surface area (Å²) in [6.07, 6.45) is 0.280. The maximum Gasteiger partial charge on any atom is 0.251 e. The monoisotopic (exact) mass is 448 g/mol.